The fourth-order valence-corrected chi connectivity index (χ4v) is 9.71. The molecule has 15 nitrogen and oxygen atoms in total. The van der Waals surface area contributed by atoms with Gasteiger partial charge < -0.3 is 39.0 Å². The van der Waals surface area contributed by atoms with Crippen LogP contribution in [0, 0.1) is 33.1 Å². The van der Waals surface area contributed by atoms with Gasteiger partial charge in [0.25, 0.3) is 0 Å². The van der Waals surface area contributed by atoms with Crippen LogP contribution in [0.4, 0.5) is 11.4 Å². The van der Waals surface area contributed by atoms with Crippen LogP contribution >= 0.6 is 11.3 Å². The van der Waals surface area contributed by atoms with Crippen molar-refractivity contribution in [2.75, 3.05) is 31.2 Å². The number of nitrogens with zero attached hydrogens (tertiary/aromatic N) is 6. The third kappa shape index (κ3) is 12.3. The Labute approximate surface area is 408 Å². The lowest BCUT2D eigenvalue weighted by molar-refractivity contribution is -0.147. The number of benzene rings is 3. The number of hydrogen-bond donors (Lipinski definition) is 2. The number of nitrogens with one attached hydrogen (secondary N) is 2. The Morgan fingerprint density at radius 2 is 1.67 bits per heavy atom. The van der Waals surface area contributed by atoms with E-state index >= 15 is 0 Å². The Bertz CT molecular complexity index is 2690. The second-order valence-electron chi connectivity index (χ2n) is 18.9. The highest BCUT2D eigenvalue weighted by Crippen LogP contribution is 2.36. The standard InChI is InChI=1S/C53H64N8O7S/c1-33-13-14-41(48-35(3)58-68-37(48)5)27-45(33)60(43-21-19-42(20-22-43)59-25-23-54-31-59)24-11-10-12-26-66-30-47(63)57-50(53(7,8)9)52(65)61-29-44(67-38(6)62)28-46(61)51(64)56-34(2)39-15-17-40(18-16-39)49-36(4)55-32-69-49/h13-23,25,27,31-32,34,44,46,50H,10-12,24,26,28-30H2,1-9H3,(H,56,64)(H,57,63)/t34-,44?,46?,50?/m0/s1. The summed E-state index contributed by atoms with van der Waals surface area (Å²) in [6.45, 7) is 17.6. The summed E-state index contributed by atoms with van der Waals surface area (Å²) in [4.78, 5) is 67.3. The third-order valence-corrected chi connectivity index (χ3v) is 13.5. The number of anilines is 2. The molecular weight excluding hydrogens is 893 g/mol. The highest BCUT2D eigenvalue weighted by atomic mass is 32.1. The number of imidazole rings is 1. The number of esters is 1. The molecule has 7 rings (SSSR count). The van der Waals surface area contributed by atoms with E-state index in [1.54, 1.807) is 23.9 Å². The van der Waals surface area contributed by atoms with Crippen molar-refractivity contribution >= 4 is 46.4 Å². The molecule has 0 aliphatic carbocycles. The van der Waals surface area contributed by atoms with Gasteiger partial charge in [-0.3, -0.25) is 19.2 Å². The molecule has 16 heteroatoms. The summed E-state index contributed by atoms with van der Waals surface area (Å²) >= 11 is 1.57. The largest absolute Gasteiger partial charge is 0.461 e. The van der Waals surface area contributed by atoms with Crippen molar-refractivity contribution in [2.24, 2.45) is 5.41 Å². The van der Waals surface area contributed by atoms with Gasteiger partial charge in [-0.1, -0.05) is 62.3 Å². The average molecular weight is 957 g/mol. The van der Waals surface area contributed by atoms with E-state index in [4.69, 9.17) is 14.0 Å². The lowest BCUT2D eigenvalue weighted by atomic mass is 9.85. The third-order valence-electron chi connectivity index (χ3n) is 12.6. The van der Waals surface area contributed by atoms with Crippen molar-refractivity contribution in [3.05, 3.63) is 119 Å². The molecule has 3 aromatic carbocycles. The van der Waals surface area contributed by atoms with Gasteiger partial charge in [0.05, 0.1) is 40.7 Å². The first-order valence-corrected chi connectivity index (χ1v) is 24.4. The van der Waals surface area contributed by atoms with Crippen molar-refractivity contribution in [3.63, 3.8) is 0 Å². The van der Waals surface area contributed by atoms with E-state index < -0.39 is 41.4 Å². The van der Waals surface area contributed by atoms with Gasteiger partial charge in [-0.2, -0.15) is 0 Å². The fourth-order valence-electron chi connectivity index (χ4n) is 8.89. The highest BCUT2D eigenvalue weighted by Gasteiger charge is 2.46. The van der Waals surface area contributed by atoms with Crippen LogP contribution in [0.1, 0.15) is 94.6 Å². The van der Waals surface area contributed by atoms with Crippen LogP contribution in [0.2, 0.25) is 0 Å². The molecular formula is C53H64N8O7S. The molecule has 1 fully saturated rings. The molecule has 0 saturated carbocycles. The zero-order valence-electron chi connectivity index (χ0n) is 41.1. The van der Waals surface area contributed by atoms with Gasteiger partial charge in [0.15, 0.2) is 0 Å². The molecule has 1 aliphatic heterocycles. The lowest BCUT2D eigenvalue weighted by Crippen LogP contribution is -2.58. The minimum Gasteiger partial charge on any atom is -0.461 e. The molecule has 0 bridgehead atoms. The summed E-state index contributed by atoms with van der Waals surface area (Å²) in [7, 11) is 0. The molecule has 1 aliphatic rings. The SMILES string of the molecule is CC(=O)OC1CC(C(=O)N[C@@H](C)c2ccc(-c3scnc3C)cc2)N(C(=O)C(NC(=O)COCCCCCN(c2ccc(-n3ccnc3)cc2)c2cc(-c3c(C)noc3C)ccc2C)C(C)(C)C)C1. The monoisotopic (exact) mass is 956 g/mol. The highest BCUT2D eigenvalue weighted by molar-refractivity contribution is 7.13. The first kappa shape index (κ1) is 50.2. The number of rotatable bonds is 19. The number of hydrogen-bond acceptors (Lipinski definition) is 12. The number of ether oxygens (including phenoxy) is 2. The summed E-state index contributed by atoms with van der Waals surface area (Å²) in [5, 5.41) is 10.2. The topological polar surface area (TPSA) is 174 Å². The Hall–Kier alpha value is -6.65. The van der Waals surface area contributed by atoms with E-state index in [0.717, 1.165) is 92.7 Å². The summed E-state index contributed by atoms with van der Waals surface area (Å²) in [6, 6.07) is 20.5. The number of likely N-dealkylation sites (tertiary alicyclic amines) is 1. The molecule has 3 aromatic heterocycles. The van der Waals surface area contributed by atoms with Gasteiger partial charge >= 0.3 is 5.97 Å². The maximum absolute atomic E-state index is 14.4. The number of unbranched alkanes of at least 4 members (excludes halogenated alkanes) is 2. The van der Waals surface area contributed by atoms with Crippen LogP contribution < -0.4 is 15.5 Å². The van der Waals surface area contributed by atoms with Crippen LogP contribution in [0.25, 0.3) is 27.3 Å². The Morgan fingerprint density at radius 3 is 2.30 bits per heavy atom. The van der Waals surface area contributed by atoms with E-state index in [0.29, 0.717) is 6.61 Å². The number of aryl methyl sites for hydroxylation is 4. The number of aromatic nitrogens is 4. The predicted molar refractivity (Wildman–Crippen MR) is 267 cm³/mol. The maximum atomic E-state index is 14.4. The zero-order chi connectivity index (χ0) is 49.4. The van der Waals surface area contributed by atoms with Crippen molar-refractivity contribution in [3.8, 4) is 27.3 Å². The van der Waals surface area contributed by atoms with Crippen LogP contribution in [0.5, 0.6) is 0 Å². The van der Waals surface area contributed by atoms with Crippen molar-refractivity contribution in [2.45, 2.75) is 112 Å². The minimum atomic E-state index is -0.986. The number of carbonyl (C=O) groups excluding carboxylic acids is 4. The van der Waals surface area contributed by atoms with Gasteiger partial charge in [0.2, 0.25) is 17.7 Å². The van der Waals surface area contributed by atoms with Crippen molar-refractivity contribution in [1.29, 1.82) is 0 Å². The van der Waals surface area contributed by atoms with Crippen LogP contribution in [0.15, 0.2) is 95.5 Å². The summed E-state index contributed by atoms with van der Waals surface area (Å²) in [5.74, 6) is -0.976. The van der Waals surface area contributed by atoms with E-state index in [9.17, 15) is 19.2 Å². The molecule has 69 heavy (non-hydrogen) atoms. The Morgan fingerprint density at radius 1 is 0.928 bits per heavy atom. The molecule has 3 amide bonds. The summed E-state index contributed by atoms with van der Waals surface area (Å²) < 4.78 is 18.9. The molecule has 364 valence electrons. The van der Waals surface area contributed by atoms with Crippen molar-refractivity contribution in [1.82, 2.24) is 35.2 Å². The minimum absolute atomic E-state index is 0.0210. The van der Waals surface area contributed by atoms with Gasteiger partial charge in [-0.25, -0.2) is 9.97 Å². The number of thiazole rings is 1. The second-order valence-corrected chi connectivity index (χ2v) is 19.8. The van der Waals surface area contributed by atoms with Gasteiger partial charge in [-0.05, 0) is 112 Å². The first-order chi connectivity index (χ1) is 33.0. The van der Waals surface area contributed by atoms with E-state index in [-0.39, 0.29) is 31.5 Å². The second kappa shape index (κ2) is 22.2. The van der Waals surface area contributed by atoms with Crippen LogP contribution in [-0.2, 0) is 28.7 Å². The average Bonchev–Trinajstić information content (AvgIpc) is 4.15. The summed E-state index contributed by atoms with van der Waals surface area (Å²) in [6.07, 6.45) is 7.32. The first-order valence-electron chi connectivity index (χ1n) is 23.5. The van der Waals surface area contributed by atoms with Gasteiger partial charge in [0, 0.05) is 61.5 Å². The summed E-state index contributed by atoms with van der Waals surface area (Å²) in [5.41, 5.74) is 11.1. The van der Waals surface area contributed by atoms with E-state index in [1.165, 1.54) is 11.8 Å². The molecule has 2 N–H and O–H groups in total. The van der Waals surface area contributed by atoms with E-state index in [1.807, 2.05) is 89.0 Å². The molecule has 3 unspecified atom stereocenters. The smallest absolute Gasteiger partial charge is 0.302 e. The number of carbonyl (C=O) groups is 4. The Balaban J connectivity index is 0.945. The molecule has 0 spiro atoms. The van der Waals surface area contributed by atoms with Gasteiger partial charge in [-0.15, -0.1) is 11.3 Å². The van der Waals surface area contributed by atoms with Crippen LogP contribution in [-0.4, -0.2) is 92.8 Å². The molecule has 4 atom stereocenters. The lowest BCUT2D eigenvalue weighted by Gasteiger charge is -2.35. The van der Waals surface area contributed by atoms with Crippen LogP contribution in [0.3, 0.4) is 0 Å². The maximum Gasteiger partial charge on any atom is 0.302 e. The molecule has 1 saturated heterocycles. The normalized spacial score (nSPS) is 15.7. The van der Waals surface area contributed by atoms with Gasteiger partial charge in [0.1, 0.15) is 30.6 Å². The zero-order valence-corrected chi connectivity index (χ0v) is 41.9. The van der Waals surface area contributed by atoms with Crippen molar-refractivity contribution < 1.29 is 33.2 Å². The quantitative estimate of drug-likeness (QED) is 0.0586. The number of amides is 3. The molecule has 0 radical (unpaired) electrons. The predicted octanol–water partition coefficient (Wildman–Crippen LogP) is 9.15. The van der Waals surface area contributed by atoms with E-state index in [2.05, 4.69) is 80.0 Å². The molecule has 4 heterocycles. The fraction of sp³-hybridized carbons (Fsp3) is 0.415. The Kier molecular flexibility index (Phi) is 16.2. The molecule has 6 aromatic rings.